The normalized spacial score (nSPS) is 22.4. The fraction of sp³-hybridized carbons (Fsp3) is 1.00. The van der Waals surface area contributed by atoms with Gasteiger partial charge in [-0.3, -0.25) is 0 Å². The molecule has 1 aliphatic rings. The molecule has 1 aliphatic heterocycles. The van der Waals surface area contributed by atoms with Crippen molar-refractivity contribution in [2.45, 2.75) is 65.0 Å². The summed E-state index contributed by atoms with van der Waals surface area (Å²) in [5.41, 5.74) is 0. The molecule has 0 saturated carbocycles. The fourth-order valence-electron chi connectivity index (χ4n) is 2.58. The van der Waals surface area contributed by atoms with Crippen LogP contribution in [-0.4, -0.2) is 55.8 Å². The first-order chi connectivity index (χ1) is 9.35. The summed E-state index contributed by atoms with van der Waals surface area (Å²) >= 11 is 0. The molecule has 20 heavy (non-hydrogen) atoms. The maximum Gasteiger partial charge on any atom is 0.281 e. The standard InChI is InChI=1S/C14H31N3O2S/c1-13(2)15-10-8-11-16(4)20(18,19)17-12-7-5-6-9-14(17)3/h13-15H,5-12H2,1-4H3. The second kappa shape index (κ2) is 8.32. The third-order valence-electron chi connectivity index (χ3n) is 3.88. The van der Waals surface area contributed by atoms with Crippen molar-refractivity contribution in [2.75, 3.05) is 26.7 Å². The fourth-order valence-corrected chi connectivity index (χ4v) is 4.22. The third-order valence-corrected chi connectivity index (χ3v) is 5.99. The Bertz CT molecular complexity index is 371. The van der Waals surface area contributed by atoms with Crippen molar-refractivity contribution in [1.82, 2.24) is 13.9 Å². The van der Waals surface area contributed by atoms with E-state index >= 15 is 0 Å². The summed E-state index contributed by atoms with van der Waals surface area (Å²) in [6.07, 6.45) is 5.07. The summed E-state index contributed by atoms with van der Waals surface area (Å²) in [6, 6.07) is 0.571. The molecule has 0 bridgehead atoms. The maximum absolute atomic E-state index is 12.6. The van der Waals surface area contributed by atoms with Crippen LogP contribution in [0, 0.1) is 0 Å². The van der Waals surface area contributed by atoms with Crippen LogP contribution in [-0.2, 0) is 10.2 Å². The van der Waals surface area contributed by atoms with Gasteiger partial charge in [0.25, 0.3) is 10.2 Å². The Balaban J connectivity index is 2.52. The van der Waals surface area contributed by atoms with Crippen LogP contribution in [0.4, 0.5) is 0 Å². The zero-order valence-electron chi connectivity index (χ0n) is 13.4. The van der Waals surface area contributed by atoms with Crippen LogP contribution in [0.2, 0.25) is 0 Å². The molecule has 0 aliphatic carbocycles. The van der Waals surface area contributed by atoms with E-state index in [2.05, 4.69) is 19.2 Å². The predicted octanol–water partition coefficient (Wildman–Crippen LogP) is 1.82. The van der Waals surface area contributed by atoms with E-state index < -0.39 is 10.2 Å². The Labute approximate surface area is 124 Å². The van der Waals surface area contributed by atoms with Crippen LogP contribution in [0.5, 0.6) is 0 Å². The molecule has 1 fully saturated rings. The van der Waals surface area contributed by atoms with Gasteiger partial charge in [0.1, 0.15) is 0 Å². The van der Waals surface area contributed by atoms with Crippen LogP contribution < -0.4 is 5.32 Å². The molecule has 1 rings (SSSR count). The number of nitrogens with one attached hydrogen (secondary N) is 1. The quantitative estimate of drug-likeness (QED) is 0.730. The average molecular weight is 305 g/mol. The van der Waals surface area contributed by atoms with E-state index in [0.29, 0.717) is 19.1 Å². The van der Waals surface area contributed by atoms with E-state index in [9.17, 15) is 8.42 Å². The van der Waals surface area contributed by atoms with Gasteiger partial charge in [-0.2, -0.15) is 17.0 Å². The molecule has 0 aromatic rings. The van der Waals surface area contributed by atoms with Crippen LogP contribution in [0.1, 0.15) is 52.9 Å². The van der Waals surface area contributed by atoms with Crippen molar-refractivity contribution >= 4 is 10.2 Å². The molecule has 0 spiro atoms. The highest BCUT2D eigenvalue weighted by Gasteiger charge is 2.31. The molecule has 1 N–H and O–H groups in total. The van der Waals surface area contributed by atoms with Crippen LogP contribution in [0.25, 0.3) is 0 Å². The van der Waals surface area contributed by atoms with E-state index in [-0.39, 0.29) is 6.04 Å². The van der Waals surface area contributed by atoms with Crippen LogP contribution in [0.15, 0.2) is 0 Å². The molecule has 0 aromatic heterocycles. The lowest BCUT2D eigenvalue weighted by Crippen LogP contribution is -2.46. The molecular formula is C14H31N3O2S. The lowest BCUT2D eigenvalue weighted by molar-refractivity contribution is 0.307. The van der Waals surface area contributed by atoms with E-state index in [1.54, 1.807) is 11.4 Å². The van der Waals surface area contributed by atoms with E-state index in [0.717, 1.165) is 38.6 Å². The van der Waals surface area contributed by atoms with Crippen molar-refractivity contribution in [1.29, 1.82) is 0 Å². The molecule has 1 saturated heterocycles. The van der Waals surface area contributed by atoms with Gasteiger partial charge in [-0.05, 0) is 32.7 Å². The highest BCUT2D eigenvalue weighted by molar-refractivity contribution is 7.86. The van der Waals surface area contributed by atoms with E-state index in [4.69, 9.17) is 0 Å². The lowest BCUT2D eigenvalue weighted by atomic mass is 10.1. The Morgan fingerprint density at radius 3 is 2.65 bits per heavy atom. The summed E-state index contributed by atoms with van der Waals surface area (Å²) in [5.74, 6) is 0. The van der Waals surface area contributed by atoms with E-state index in [1.165, 1.54) is 4.31 Å². The van der Waals surface area contributed by atoms with Gasteiger partial charge < -0.3 is 5.32 Å². The Morgan fingerprint density at radius 1 is 1.30 bits per heavy atom. The number of hydrogen-bond donors (Lipinski definition) is 1. The first kappa shape index (κ1) is 17.9. The molecule has 6 heteroatoms. The number of nitrogens with zero attached hydrogens (tertiary/aromatic N) is 2. The summed E-state index contributed by atoms with van der Waals surface area (Å²) in [7, 11) is -1.60. The topological polar surface area (TPSA) is 52.7 Å². The maximum atomic E-state index is 12.6. The SMILES string of the molecule is CC(C)NCCCN(C)S(=O)(=O)N1CCCCCC1C. The molecular weight excluding hydrogens is 274 g/mol. The molecule has 1 unspecified atom stereocenters. The first-order valence-electron chi connectivity index (χ1n) is 7.82. The molecule has 5 nitrogen and oxygen atoms in total. The molecule has 0 amide bonds. The largest absolute Gasteiger partial charge is 0.314 e. The highest BCUT2D eigenvalue weighted by Crippen LogP contribution is 2.21. The predicted molar refractivity (Wildman–Crippen MR) is 83.9 cm³/mol. The monoisotopic (exact) mass is 305 g/mol. The van der Waals surface area contributed by atoms with Gasteiger partial charge >= 0.3 is 0 Å². The van der Waals surface area contributed by atoms with Crippen molar-refractivity contribution < 1.29 is 8.42 Å². The molecule has 0 aromatic carbocycles. The number of hydrogen-bond acceptors (Lipinski definition) is 3. The van der Waals surface area contributed by atoms with E-state index in [1.807, 2.05) is 6.92 Å². The molecule has 1 heterocycles. The second-order valence-corrected chi connectivity index (χ2v) is 8.09. The van der Waals surface area contributed by atoms with Gasteiger partial charge in [0.05, 0.1) is 0 Å². The lowest BCUT2D eigenvalue weighted by Gasteiger charge is -2.30. The summed E-state index contributed by atoms with van der Waals surface area (Å²) in [4.78, 5) is 0. The summed E-state index contributed by atoms with van der Waals surface area (Å²) in [5, 5.41) is 3.32. The average Bonchev–Trinajstić information content (AvgIpc) is 2.59. The molecule has 1 atom stereocenters. The van der Waals surface area contributed by atoms with Crippen LogP contribution >= 0.6 is 0 Å². The highest BCUT2D eigenvalue weighted by atomic mass is 32.2. The summed E-state index contributed by atoms with van der Waals surface area (Å²) < 4.78 is 28.4. The van der Waals surface area contributed by atoms with Crippen molar-refractivity contribution in [2.24, 2.45) is 0 Å². The zero-order valence-corrected chi connectivity index (χ0v) is 14.2. The third kappa shape index (κ3) is 5.31. The minimum Gasteiger partial charge on any atom is -0.314 e. The minimum absolute atomic E-state index is 0.124. The number of rotatable bonds is 7. The van der Waals surface area contributed by atoms with Crippen LogP contribution in [0.3, 0.4) is 0 Å². The van der Waals surface area contributed by atoms with Gasteiger partial charge in [-0.15, -0.1) is 0 Å². The smallest absolute Gasteiger partial charge is 0.281 e. The van der Waals surface area contributed by atoms with Gasteiger partial charge in [0, 0.05) is 32.2 Å². The minimum atomic E-state index is -3.30. The molecule has 0 radical (unpaired) electrons. The van der Waals surface area contributed by atoms with Gasteiger partial charge in [-0.1, -0.05) is 26.7 Å². The van der Waals surface area contributed by atoms with Gasteiger partial charge in [0.15, 0.2) is 0 Å². The zero-order chi connectivity index (χ0) is 15.2. The van der Waals surface area contributed by atoms with Crippen molar-refractivity contribution in [3.05, 3.63) is 0 Å². The first-order valence-corrected chi connectivity index (χ1v) is 9.22. The Hall–Kier alpha value is -0.170. The Kier molecular flexibility index (Phi) is 7.43. The van der Waals surface area contributed by atoms with Crippen molar-refractivity contribution in [3.8, 4) is 0 Å². The van der Waals surface area contributed by atoms with Gasteiger partial charge in [0.2, 0.25) is 0 Å². The summed E-state index contributed by atoms with van der Waals surface area (Å²) in [6.45, 7) is 8.31. The van der Waals surface area contributed by atoms with Gasteiger partial charge in [-0.25, -0.2) is 0 Å². The van der Waals surface area contributed by atoms with Crippen molar-refractivity contribution in [3.63, 3.8) is 0 Å². The Morgan fingerprint density at radius 2 is 2.00 bits per heavy atom. The molecule has 120 valence electrons. The second-order valence-electron chi connectivity index (χ2n) is 6.10.